The summed E-state index contributed by atoms with van der Waals surface area (Å²) in [6, 6.07) is 7.55. The van der Waals surface area contributed by atoms with Gasteiger partial charge in [0, 0.05) is 24.9 Å². The number of nitrogens with two attached hydrogens (primary N) is 2. The number of amides is 2. The molecule has 11 nitrogen and oxygen atoms in total. The van der Waals surface area contributed by atoms with Gasteiger partial charge in [0.2, 0.25) is 11.8 Å². The molecule has 4 bridgehead atoms. The lowest BCUT2D eigenvalue weighted by Gasteiger charge is -2.33. The first-order chi connectivity index (χ1) is 17.1. The lowest BCUT2D eigenvalue weighted by atomic mass is 9.96. The van der Waals surface area contributed by atoms with Gasteiger partial charge in [0.1, 0.15) is 17.5 Å². The highest BCUT2D eigenvalue weighted by Crippen LogP contribution is 2.31. The molecule has 1 aliphatic rings. The Bertz CT molecular complexity index is 1120. The van der Waals surface area contributed by atoms with E-state index in [-0.39, 0.29) is 43.9 Å². The number of aromatic hydroxyl groups is 2. The molecule has 3 rings (SSSR count). The Kier molecular flexibility index (Phi) is 8.73. The summed E-state index contributed by atoms with van der Waals surface area (Å²) in [5.41, 5.74) is 13.9. The van der Waals surface area contributed by atoms with Gasteiger partial charge in [0.15, 0.2) is 6.23 Å². The molecular weight excluding hydrogens is 468 g/mol. The van der Waals surface area contributed by atoms with E-state index >= 15 is 0 Å². The van der Waals surface area contributed by atoms with Gasteiger partial charge in [0.25, 0.3) is 0 Å². The minimum atomic E-state index is -1.59. The first kappa shape index (κ1) is 26.8. The minimum Gasteiger partial charge on any atom is -0.508 e. The zero-order valence-electron chi connectivity index (χ0n) is 20.0. The highest BCUT2D eigenvalue weighted by molar-refractivity contribution is 5.90. The van der Waals surface area contributed by atoms with Gasteiger partial charge >= 0.3 is 6.16 Å². The van der Waals surface area contributed by atoms with Crippen LogP contribution >= 0.6 is 0 Å². The second-order valence-corrected chi connectivity index (χ2v) is 8.66. The zero-order valence-corrected chi connectivity index (χ0v) is 20.0. The van der Waals surface area contributed by atoms with E-state index in [1.807, 2.05) is 0 Å². The maximum atomic E-state index is 13.5. The standard InChI is InChI=1S/C25H32N4O7/c1-2-29-22(36-25(34)35)13-17-11-15(6-8-21(17)31)14-5-7-20(30)16(10-14)12-18(27)23(32)28-19(24(29)33)4-3-9-26/h5-8,10-11,18-19,22,30-31H,2-4,9,12-13,26-27H2,1H3,(H,28,32)(H,34,35)/t18-,19-,22-/m0/s1. The maximum absolute atomic E-state index is 13.5. The van der Waals surface area contributed by atoms with Crippen molar-refractivity contribution in [1.29, 1.82) is 0 Å². The number of benzene rings is 2. The minimum absolute atomic E-state index is 0.0104. The molecule has 3 atom stereocenters. The summed E-state index contributed by atoms with van der Waals surface area (Å²) in [7, 11) is 0. The molecule has 0 saturated carbocycles. The van der Waals surface area contributed by atoms with Crippen molar-refractivity contribution in [3.63, 3.8) is 0 Å². The Labute approximate surface area is 208 Å². The molecule has 0 unspecified atom stereocenters. The smallest absolute Gasteiger partial charge is 0.507 e. The van der Waals surface area contributed by atoms with Crippen LogP contribution in [0.5, 0.6) is 11.5 Å². The first-order valence-electron chi connectivity index (χ1n) is 11.7. The van der Waals surface area contributed by atoms with Crippen LogP contribution in [0.2, 0.25) is 0 Å². The molecule has 11 heteroatoms. The van der Waals surface area contributed by atoms with Crippen molar-refractivity contribution in [3.8, 4) is 22.6 Å². The fourth-order valence-electron chi connectivity index (χ4n) is 4.27. The average molecular weight is 501 g/mol. The Morgan fingerprint density at radius 3 is 2.19 bits per heavy atom. The summed E-state index contributed by atoms with van der Waals surface area (Å²) in [6.07, 6.45) is -2.37. The summed E-state index contributed by atoms with van der Waals surface area (Å²) in [5, 5.41) is 32.9. The number of nitrogens with one attached hydrogen (secondary N) is 1. The third-order valence-corrected chi connectivity index (χ3v) is 6.18. The normalized spacial score (nSPS) is 20.8. The van der Waals surface area contributed by atoms with Crippen LogP contribution in [0.4, 0.5) is 4.79 Å². The van der Waals surface area contributed by atoms with Crippen LogP contribution in [0.25, 0.3) is 11.1 Å². The first-order valence-corrected chi connectivity index (χ1v) is 11.7. The van der Waals surface area contributed by atoms with E-state index in [1.54, 1.807) is 31.2 Å². The number of nitrogens with zero attached hydrogens (tertiary/aromatic N) is 1. The fourth-order valence-corrected chi connectivity index (χ4v) is 4.27. The van der Waals surface area contributed by atoms with Crippen LogP contribution < -0.4 is 16.8 Å². The highest BCUT2D eigenvalue weighted by atomic mass is 16.7. The van der Waals surface area contributed by atoms with Crippen molar-refractivity contribution in [1.82, 2.24) is 10.2 Å². The van der Waals surface area contributed by atoms with Crippen molar-refractivity contribution in [2.24, 2.45) is 11.5 Å². The van der Waals surface area contributed by atoms with Crippen LogP contribution in [0.15, 0.2) is 36.4 Å². The average Bonchev–Trinajstić information content (AvgIpc) is 2.83. The summed E-state index contributed by atoms with van der Waals surface area (Å²) >= 11 is 0. The quantitative estimate of drug-likeness (QED) is 0.329. The predicted octanol–water partition coefficient (Wildman–Crippen LogP) is 1.28. The molecule has 194 valence electrons. The molecule has 2 aromatic carbocycles. The third kappa shape index (κ3) is 6.23. The summed E-state index contributed by atoms with van der Waals surface area (Å²) in [4.78, 5) is 39.2. The van der Waals surface area contributed by atoms with Gasteiger partial charge in [-0.15, -0.1) is 0 Å². The molecule has 0 saturated heterocycles. The number of rotatable bonds is 5. The van der Waals surface area contributed by atoms with Gasteiger partial charge in [0.05, 0.1) is 6.04 Å². The molecule has 0 radical (unpaired) electrons. The van der Waals surface area contributed by atoms with Crippen LogP contribution in [0.3, 0.4) is 0 Å². The molecule has 0 spiro atoms. The van der Waals surface area contributed by atoms with Crippen molar-refractivity contribution in [2.45, 2.75) is 50.9 Å². The van der Waals surface area contributed by atoms with Gasteiger partial charge in [-0.25, -0.2) is 4.79 Å². The number of hydrogen-bond donors (Lipinski definition) is 6. The van der Waals surface area contributed by atoms with E-state index in [0.29, 0.717) is 28.7 Å². The van der Waals surface area contributed by atoms with Crippen LogP contribution in [0, 0.1) is 0 Å². The summed E-state index contributed by atoms with van der Waals surface area (Å²) in [5.74, 6) is -1.30. The zero-order chi connectivity index (χ0) is 26.4. The fraction of sp³-hybridized carbons (Fsp3) is 0.400. The number of carbonyl (C=O) groups is 3. The van der Waals surface area contributed by atoms with Gasteiger partial charge in [-0.05, 0) is 67.3 Å². The number of carboxylic acid groups (broad SMARTS) is 1. The lowest BCUT2D eigenvalue weighted by molar-refractivity contribution is -0.146. The SMILES string of the molecule is CCN1C(=O)[C@H](CCCN)NC(=O)[C@@H](N)Cc2cc(ccc2O)-c2ccc(O)c(c2)C[C@@H]1OC(=O)O. The van der Waals surface area contributed by atoms with Crippen molar-refractivity contribution in [2.75, 3.05) is 13.1 Å². The molecule has 0 aliphatic carbocycles. The number of phenolic OH excluding ortho intramolecular Hbond substituents is 2. The molecule has 0 fully saturated rings. The highest BCUT2D eigenvalue weighted by Gasteiger charge is 2.33. The van der Waals surface area contributed by atoms with Crippen molar-refractivity contribution >= 4 is 18.0 Å². The molecule has 2 amide bonds. The van der Waals surface area contributed by atoms with Gasteiger partial charge in [-0.2, -0.15) is 0 Å². The number of ether oxygens (including phenoxy) is 1. The molecule has 8 N–H and O–H groups in total. The van der Waals surface area contributed by atoms with E-state index in [0.717, 1.165) is 0 Å². The van der Waals surface area contributed by atoms with E-state index in [4.69, 9.17) is 16.2 Å². The number of fused-ring (bicyclic) bond motifs is 5. The van der Waals surface area contributed by atoms with Crippen LogP contribution in [-0.4, -0.2) is 69.6 Å². The second kappa shape index (κ2) is 11.7. The van der Waals surface area contributed by atoms with E-state index in [2.05, 4.69) is 5.32 Å². The topological polar surface area (TPSA) is 188 Å². The van der Waals surface area contributed by atoms with Crippen molar-refractivity contribution < 1.29 is 34.4 Å². The number of carbonyl (C=O) groups excluding carboxylic acids is 2. The number of hydrogen-bond acceptors (Lipinski definition) is 8. The Hall–Kier alpha value is -3.83. The van der Waals surface area contributed by atoms with E-state index in [9.17, 15) is 29.7 Å². The molecular formula is C25H32N4O7. The van der Waals surface area contributed by atoms with E-state index in [1.165, 1.54) is 17.0 Å². The molecule has 2 aromatic rings. The largest absolute Gasteiger partial charge is 0.508 e. The molecule has 1 heterocycles. The third-order valence-electron chi connectivity index (χ3n) is 6.18. The van der Waals surface area contributed by atoms with Gasteiger partial charge < -0.3 is 41.7 Å². The Morgan fingerprint density at radius 2 is 1.67 bits per heavy atom. The van der Waals surface area contributed by atoms with Crippen molar-refractivity contribution in [3.05, 3.63) is 47.5 Å². The Morgan fingerprint density at radius 1 is 1.08 bits per heavy atom. The van der Waals surface area contributed by atoms with Gasteiger partial charge in [-0.1, -0.05) is 12.1 Å². The molecule has 1 aliphatic heterocycles. The molecule has 0 aromatic heterocycles. The van der Waals surface area contributed by atoms with E-state index < -0.39 is 36.3 Å². The van der Waals surface area contributed by atoms with Crippen LogP contribution in [0.1, 0.15) is 30.9 Å². The monoisotopic (exact) mass is 500 g/mol. The molecule has 36 heavy (non-hydrogen) atoms. The Balaban J connectivity index is 2.15. The predicted molar refractivity (Wildman–Crippen MR) is 131 cm³/mol. The number of phenols is 2. The van der Waals surface area contributed by atoms with Gasteiger partial charge in [-0.3, -0.25) is 9.59 Å². The maximum Gasteiger partial charge on any atom is 0.507 e. The second-order valence-electron chi connectivity index (χ2n) is 8.66. The summed E-state index contributed by atoms with van der Waals surface area (Å²) in [6.45, 7) is 2.00. The summed E-state index contributed by atoms with van der Waals surface area (Å²) < 4.78 is 5.08. The van der Waals surface area contributed by atoms with Crippen LogP contribution in [-0.2, 0) is 27.2 Å². The lowest BCUT2D eigenvalue weighted by Crippen LogP contribution is -2.56. The number of likely N-dealkylation sites (N-methyl/N-ethyl adjacent to an activating group) is 1.